The minimum Gasteiger partial charge on any atom is -0.378 e. The molecule has 32 heavy (non-hydrogen) atoms. The fraction of sp³-hybridized carbons (Fsp3) is 0.429. The molecule has 0 saturated carbocycles. The number of thioether (sulfide) groups is 1. The molecule has 2 aromatic heterocycles. The van der Waals surface area contributed by atoms with E-state index in [9.17, 15) is 4.57 Å². The Morgan fingerprint density at radius 2 is 1.84 bits per heavy atom. The molecule has 0 atom stereocenters. The van der Waals surface area contributed by atoms with Gasteiger partial charge in [0.05, 0.1) is 42.7 Å². The lowest BCUT2D eigenvalue weighted by molar-refractivity contribution is 0.122. The molecule has 172 valence electrons. The number of nitrogens with zero attached hydrogens (tertiary/aromatic N) is 3. The summed E-state index contributed by atoms with van der Waals surface area (Å²) in [6, 6.07) is 10.0. The molecule has 4 rings (SSSR count). The van der Waals surface area contributed by atoms with E-state index in [0.29, 0.717) is 40.3 Å². The molecular weight excluding hydrogens is 471 g/mol. The minimum atomic E-state index is -3.17. The van der Waals surface area contributed by atoms with Crippen LogP contribution in [0.5, 0.6) is 0 Å². The van der Waals surface area contributed by atoms with Gasteiger partial charge >= 0.3 is 7.60 Å². The second-order valence-electron chi connectivity index (χ2n) is 7.10. The van der Waals surface area contributed by atoms with E-state index in [1.165, 1.54) is 11.8 Å². The zero-order valence-corrected chi connectivity index (χ0v) is 20.5. The molecule has 0 bridgehead atoms. The second-order valence-corrected chi connectivity index (χ2v) is 11.0. The number of halogens is 1. The molecule has 1 saturated heterocycles. The van der Waals surface area contributed by atoms with Crippen molar-refractivity contribution in [3.63, 3.8) is 0 Å². The Morgan fingerprint density at radius 1 is 1.16 bits per heavy atom. The molecule has 3 heterocycles. The van der Waals surface area contributed by atoms with Crippen molar-refractivity contribution in [1.82, 2.24) is 15.0 Å². The van der Waals surface area contributed by atoms with Crippen LogP contribution in [0.1, 0.15) is 13.8 Å². The lowest BCUT2D eigenvalue weighted by Gasteiger charge is -2.28. The van der Waals surface area contributed by atoms with Crippen molar-refractivity contribution in [3.8, 4) is 11.3 Å². The maximum atomic E-state index is 12.7. The summed E-state index contributed by atoms with van der Waals surface area (Å²) in [5.74, 6) is 0. The smallest absolute Gasteiger partial charge is 0.340 e. The monoisotopic (exact) mass is 496 g/mol. The van der Waals surface area contributed by atoms with E-state index in [-0.39, 0.29) is 5.49 Å². The summed E-state index contributed by atoms with van der Waals surface area (Å²) in [5, 5.41) is 1.12. The van der Waals surface area contributed by atoms with Gasteiger partial charge in [-0.15, -0.1) is 0 Å². The van der Waals surface area contributed by atoms with Crippen LogP contribution in [0.2, 0.25) is 5.02 Å². The zero-order chi connectivity index (χ0) is 22.6. The fourth-order valence-electron chi connectivity index (χ4n) is 3.46. The van der Waals surface area contributed by atoms with Gasteiger partial charge in [-0.25, -0.2) is 9.97 Å². The first-order valence-corrected chi connectivity index (χ1v) is 13.6. The first kappa shape index (κ1) is 23.5. The van der Waals surface area contributed by atoms with Gasteiger partial charge in [0.15, 0.2) is 10.8 Å². The van der Waals surface area contributed by atoms with Crippen LogP contribution >= 0.6 is 31.0 Å². The predicted molar refractivity (Wildman–Crippen MR) is 129 cm³/mol. The number of imidazole rings is 1. The van der Waals surface area contributed by atoms with Gasteiger partial charge in [0.25, 0.3) is 0 Å². The summed E-state index contributed by atoms with van der Waals surface area (Å²) in [5.41, 5.74) is 4.17. The molecule has 1 N–H and O–H groups in total. The van der Waals surface area contributed by atoms with Crippen LogP contribution in [0.15, 0.2) is 35.5 Å². The number of anilines is 1. The maximum Gasteiger partial charge on any atom is 0.340 e. The van der Waals surface area contributed by atoms with Crippen molar-refractivity contribution >= 4 is 47.8 Å². The number of nitrogens with one attached hydrogen (secondary N) is 1. The van der Waals surface area contributed by atoms with Crippen LogP contribution < -0.4 is 4.90 Å². The van der Waals surface area contributed by atoms with Crippen LogP contribution in [0, 0.1) is 0 Å². The Hall–Kier alpha value is -1.61. The molecule has 0 unspecified atom stereocenters. The number of benzene rings is 1. The van der Waals surface area contributed by atoms with Crippen molar-refractivity contribution in [3.05, 3.63) is 35.4 Å². The number of morpholine rings is 1. The number of aromatic nitrogens is 3. The molecule has 0 spiro atoms. The Kier molecular flexibility index (Phi) is 7.76. The van der Waals surface area contributed by atoms with Gasteiger partial charge in [-0.2, -0.15) is 0 Å². The molecule has 1 fully saturated rings. The van der Waals surface area contributed by atoms with Crippen LogP contribution in [0.3, 0.4) is 0 Å². The highest BCUT2D eigenvalue weighted by molar-refractivity contribution is 8.04. The largest absolute Gasteiger partial charge is 0.378 e. The number of H-pyrrole nitrogens is 1. The third-order valence-corrected chi connectivity index (χ3v) is 8.77. The molecule has 0 amide bonds. The van der Waals surface area contributed by atoms with Gasteiger partial charge in [0.2, 0.25) is 0 Å². The zero-order valence-electron chi connectivity index (χ0n) is 18.0. The summed E-state index contributed by atoms with van der Waals surface area (Å²) >= 11 is 7.82. The van der Waals surface area contributed by atoms with E-state index in [4.69, 9.17) is 25.4 Å². The number of pyridine rings is 1. The van der Waals surface area contributed by atoms with Gasteiger partial charge in [0, 0.05) is 24.3 Å². The third kappa shape index (κ3) is 5.47. The molecular formula is C21H26ClN4O4PS. The molecule has 1 aliphatic heterocycles. The number of rotatable bonds is 9. The highest BCUT2D eigenvalue weighted by Crippen LogP contribution is 2.51. The van der Waals surface area contributed by atoms with Crippen LogP contribution in [-0.4, -0.2) is 60.0 Å². The average molecular weight is 497 g/mol. The molecule has 0 radical (unpaired) electrons. The molecule has 1 aromatic carbocycles. The van der Waals surface area contributed by atoms with E-state index in [0.717, 1.165) is 37.6 Å². The van der Waals surface area contributed by atoms with Crippen molar-refractivity contribution in [1.29, 1.82) is 0 Å². The van der Waals surface area contributed by atoms with Crippen molar-refractivity contribution < 1.29 is 18.3 Å². The SMILES string of the molecule is CCOP(=O)(CSc1nc2nc(-c3ccc(N4CCOCC4)cc3)c(Cl)cc2[nH]1)OCC. The normalized spacial score (nSPS) is 14.9. The predicted octanol–water partition coefficient (Wildman–Crippen LogP) is 5.43. The molecule has 3 aromatic rings. The summed E-state index contributed by atoms with van der Waals surface area (Å²) in [4.78, 5) is 14.7. The Balaban J connectivity index is 1.53. The molecule has 11 heteroatoms. The highest BCUT2D eigenvalue weighted by Gasteiger charge is 2.25. The number of hydrogen-bond donors (Lipinski definition) is 1. The Labute approximate surface area is 196 Å². The van der Waals surface area contributed by atoms with Crippen LogP contribution in [0.4, 0.5) is 5.69 Å². The van der Waals surface area contributed by atoms with E-state index in [1.807, 2.05) is 18.2 Å². The molecule has 1 aliphatic rings. The Morgan fingerprint density at radius 3 is 2.50 bits per heavy atom. The van der Waals surface area contributed by atoms with Crippen LogP contribution in [0.25, 0.3) is 22.4 Å². The first-order valence-electron chi connectivity index (χ1n) is 10.5. The molecule has 8 nitrogen and oxygen atoms in total. The van der Waals surface area contributed by atoms with E-state index in [2.05, 4.69) is 32.0 Å². The van der Waals surface area contributed by atoms with Crippen molar-refractivity contribution in [2.75, 3.05) is 49.9 Å². The van der Waals surface area contributed by atoms with E-state index in [1.54, 1.807) is 13.8 Å². The maximum absolute atomic E-state index is 12.7. The number of hydrogen-bond acceptors (Lipinski definition) is 8. The van der Waals surface area contributed by atoms with E-state index >= 15 is 0 Å². The second kappa shape index (κ2) is 10.5. The number of ether oxygens (including phenoxy) is 1. The lowest BCUT2D eigenvalue weighted by atomic mass is 10.1. The van der Waals surface area contributed by atoms with Gasteiger partial charge in [-0.1, -0.05) is 35.5 Å². The lowest BCUT2D eigenvalue weighted by Crippen LogP contribution is -2.36. The summed E-state index contributed by atoms with van der Waals surface area (Å²) in [6.07, 6.45) is 0. The van der Waals surface area contributed by atoms with Gasteiger partial charge in [-0.05, 0) is 32.0 Å². The summed E-state index contributed by atoms with van der Waals surface area (Å²) in [6.45, 7) is 7.49. The quantitative estimate of drug-likeness (QED) is 0.310. The van der Waals surface area contributed by atoms with Gasteiger partial charge in [-0.3, -0.25) is 4.57 Å². The summed E-state index contributed by atoms with van der Waals surface area (Å²) < 4.78 is 28.8. The van der Waals surface area contributed by atoms with Gasteiger partial charge in [0.1, 0.15) is 5.49 Å². The van der Waals surface area contributed by atoms with Gasteiger partial charge < -0.3 is 23.7 Å². The van der Waals surface area contributed by atoms with Crippen LogP contribution in [-0.2, 0) is 18.3 Å². The standard InChI is InChI=1S/C21H26ClN4O4PS/c1-3-29-31(27,30-4-2)14-32-21-23-18-13-17(22)19(24-20(18)25-21)15-5-7-16(8-6-15)26-9-11-28-12-10-26/h5-8,13H,3-4,9-12,14H2,1-2H3,(H,23,24,25). The van der Waals surface area contributed by atoms with Crippen molar-refractivity contribution in [2.24, 2.45) is 0 Å². The number of aromatic amines is 1. The topological polar surface area (TPSA) is 89.6 Å². The highest BCUT2D eigenvalue weighted by atomic mass is 35.5. The fourth-order valence-corrected chi connectivity index (χ4v) is 6.64. The Bertz CT molecular complexity index is 1100. The first-order chi connectivity index (χ1) is 15.5. The average Bonchev–Trinajstić information content (AvgIpc) is 3.20. The number of fused-ring (bicyclic) bond motifs is 1. The summed E-state index contributed by atoms with van der Waals surface area (Å²) in [7, 11) is -3.17. The van der Waals surface area contributed by atoms with Crippen molar-refractivity contribution in [2.45, 2.75) is 19.0 Å². The minimum absolute atomic E-state index is 0.165. The molecule has 0 aliphatic carbocycles. The van der Waals surface area contributed by atoms with E-state index < -0.39 is 7.60 Å². The third-order valence-electron chi connectivity index (χ3n) is 4.93.